The average Bonchev–Trinajstić information content (AvgIpc) is 3.07. The first-order chi connectivity index (χ1) is 13.3. The van der Waals surface area contributed by atoms with Crippen molar-refractivity contribution in [3.63, 3.8) is 0 Å². The highest BCUT2D eigenvalue weighted by Crippen LogP contribution is 2.28. The molecule has 28 heavy (non-hydrogen) atoms. The van der Waals surface area contributed by atoms with Crippen LogP contribution in [0.5, 0.6) is 5.75 Å². The number of carbonyl (C=O) groups excluding carboxylic acids is 1. The summed E-state index contributed by atoms with van der Waals surface area (Å²) in [5.74, 6) is 0.147. The van der Waals surface area contributed by atoms with Crippen LogP contribution in [-0.4, -0.2) is 67.1 Å². The molecule has 1 aliphatic heterocycles. The SMILES string of the molecule is CCOC(=O)c1nn(-c2ccc(OC)cc2)c2c1CN(S(=O)(=O)N(C)C)CC2. The van der Waals surface area contributed by atoms with Gasteiger partial charge in [0.15, 0.2) is 5.69 Å². The van der Waals surface area contributed by atoms with Crippen LogP contribution in [-0.2, 0) is 27.9 Å². The number of carbonyl (C=O) groups is 1. The molecule has 0 radical (unpaired) electrons. The molecule has 1 aliphatic rings. The molecular weight excluding hydrogens is 384 g/mol. The molecule has 9 nitrogen and oxygen atoms in total. The second-order valence-corrected chi connectivity index (χ2v) is 8.62. The molecule has 0 fully saturated rings. The molecule has 0 spiro atoms. The summed E-state index contributed by atoms with van der Waals surface area (Å²) >= 11 is 0. The van der Waals surface area contributed by atoms with Crippen molar-refractivity contribution < 1.29 is 22.7 Å². The third-order valence-electron chi connectivity index (χ3n) is 4.60. The van der Waals surface area contributed by atoms with Crippen LogP contribution in [0.4, 0.5) is 0 Å². The molecule has 152 valence electrons. The van der Waals surface area contributed by atoms with Gasteiger partial charge in [0.25, 0.3) is 10.2 Å². The van der Waals surface area contributed by atoms with Gasteiger partial charge >= 0.3 is 5.97 Å². The third kappa shape index (κ3) is 3.62. The summed E-state index contributed by atoms with van der Waals surface area (Å²) in [6.07, 6.45) is 0.431. The largest absolute Gasteiger partial charge is 0.497 e. The summed E-state index contributed by atoms with van der Waals surface area (Å²) in [6.45, 7) is 2.30. The number of aromatic nitrogens is 2. The van der Waals surface area contributed by atoms with Gasteiger partial charge in [-0.15, -0.1) is 0 Å². The highest BCUT2D eigenvalue weighted by Gasteiger charge is 2.34. The van der Waals surface area contributed by atoms with E-state index < -0.39 is 16.2 Å². The van der Waals surface area contributed by atoms with E-state index in [1.54, 1.807) is 30.8 Å². The number of esters is 1. The Bertz CT molecular complexity index is 967. The highest BCUT2D eigenvalue weighted by molar-refractivity contribution is 7.86. The summed E-state index contributed by atoms with van der Waals surface area (Å²) in [5, 5.41) is 4.46. The molecule has 1 aromatic carbocycles. The third-order valence-corrected chi connectivity index (χ3v) is 6.48. The smallest absolute Gasteiger partial charge is 0.359 e. The van der Waals surface area contributed by atoms with Gasteiger partial charge in [-0.3, -0.25) is 0 Å². The van der Waals surface area contributed by atoms with Gasteiger partial charge in [-0.25, -0.2) is 9.48 Å². The van der Waals surface area contributed by atoms with Crippen molar-refractivity contribution in [2.45, 2.75) is 19.9 Å². The zero-order valence-electron chi connectivity index (χ0n) is 16.4. The lowest BCUT2D eigenvalue weighted by Gasteiger charge is -2.29. The van der Waals surface area contributed by atoms with E-state index in [1.165, 1.54) is 18.4 Å². The zero-order valence-corrected chi connectivity index (χ0v) is 17.2. The number of hydrogen-bond donors (Lipinski definition) is 0. The lowest BCUT2D eigenvalue weighted by molar-refractivity contribution is 0.0516. The predicted molar refractivity (Wildman–Crippen MR) is 103 cm³/mol. The Morgan fingerprint density at radius 1 is 1.25 bits per heavy atom. The number of hydrogen-bond acceptors (Lipinski definition) is 6. The van der Waals surface area contributed by atoms with Crippen molar-refractivity contribution >= 4 is 16.2 Å². The van der Waals surface area contributed by atoms with Crippen LogP contribution >= 0.6 is 0 Å². The first kappa shape index (κ1) is 20.3. The molecular formula is C18H24N4O5S. The molecule has 10 heteroatoms. The van der Waals surface area contributed by atoms with Crippen LogP contribution in [0, 0.1) is 0 Å². The van der Waals surface area contributed by atoms with E-state index in [2.05, 4.69) is 5.10 Å². The zero-order chi connectivity index (χ0) is 20.5. The van der Waals surface area contributed by atoms with Crippen molar-refractivity contribution in [1.29, 1.82) is 0 Å². The van der Waals surface area contributed by atoms with Gasteiger partial charge in [0.1, 0.15) is 5.75 Å². The van der Waals surface area contributed by atoms with E-state index in [0.717, 1.165) is 15.7 Å². The maximum Gasteiger partial charge on any atom is 0.359 e. The molecule has 1 aromatic heterocycles. The van der Waals surface area contributed by atoms with Gasteiger partial charge in [0.2, 0.25) is 0 Å². The summed E-state index contributed by atoms with van der Waals surface area (Å²) < 4.78 is 39.6. The summed E-state index contributed by atoms with van der Waals surface area (Å²) in [5.41, 5.74) is 2.28. The Kier molecular flexibility index (Phi) is 5.73. The van der Waals surface area contributed by atoms with Crippen molar-refractivity contribution in [3.8, 4) is 11.4 Å². The van der Waals surface area contributed by atoms with E-state index in [-0.39, 0.29) is 18.8 Å². The minimum atomic E-state index is -3.60. The number of ether oxygens (including phenoxy) is 2. The molecule has 2 aromatic rings. The summed E-state index contributed by atoms with van der Waals surface area (Å²) in [7, 11) is 0.954. The van der Waals surface area contributed by atoms with E-state index in [0.29, 0.717) is 24.3 Å². The Morgan fingerprint density at radius 3 is 2.50 bits per heavy atom. The number of rotatable bonds is 6. The van der Waals surface area contributed by atoms with E-state index in [1.807, 2.05) is 12.1 Å². The molecule has 3 rings (SSSR count). The Balaban J connectivity index is 2.07. The molecule has 0 bridgehead atoms. The number of methoxy groups -OCH3 is 1. The highest BCUT2D eigenvalue weighted by atomic mass is 32.2. The van der Waals surface area contributed by atoms with Crippen LogP contribution in [0.25, 0.3) is 5.69 Å². The second kappa shape index (κ2) is 7.90. The molecule has 0 amide bonds. The Labute approximate surface area is 164 Å². The van der Waals surface area contributed by atoms with E-state index in [4.69, 9.17) is 9.47 Å². The monoisotopic (exact) mass is 408 g/mol. The Morgan fingerprint density at radius 2 is 1.93 bits per heavy atom. The van der Waals surface area contributed by atoms with Gasteiger partial charge in [-0.2, -0.15) is 22.1 Å². The van der Waals surface area contributed by atoms with Gasteiger partial charge < -0.3 is 9.47 Å². The Hall–Kier alpha value is -2.43. The average molecular weight is 408 g/mol. The van der Waals surface area contributed by atoms with Gasteiger partial charge in [-0.05, 0) is 31.2 Å². The van der Waals surface area contributed by atoms with Crippen LogP contribution in [0.15, 0.2) is 24.3 Å². The summed E-state index contributed by atoms with van der Waals surface area (Å²) in [6, 6.07) is 7.28. The molecule has 2 heterocycles. The van der Waals surface area contributed by atoms with Crippen LogP contribution in [0.2, 0.25) is 0 Å². The normalized spacial score (nSPS) is 14.8. The van der Waals surface area contributed by atoms with Crippen LogP contribution in [0.3, 0.4) is 0 Å². The molecule has 0 atom stereocenters. The lowest BCUT2D eigenvalue weighted by Crippen LogP contribution is -2.43. The van der Waals surface area contributed by atoms with Crippen LogP contribution < -0.4 is 4.74 Å². The maximum atomic E-state index is 12.5. The second-order valence-electron chi connectivity index (χ2n) is 6.48. The van der Waals surface area contributed by atoms with Gasteiger partial charge in [0, 0.05) is 39.2 Å². The number of benzene rings is 1. The van der Waals surface area contributed by atoms with Crippen LogP contribution in [0.1, 0.15) is 28.7 Å². The van der Waals surface area contributed by atoms with Crippen molar-refractivity contribution in [2.24, 2.45) is 0 Å². The van der Waals surface area contributed by atoms with E-state index >= 15 is 0 Å². The van der Waals surface area contributed by atoms with Crippen molar-refractivity contribution in [2.75, 3.05) is 34.4 Å². The molecule has 0 aliphatic carbocycles. The first-order valence-electron chi connectivity index (χ1n) is 8.89. The quantitative estimate of drug-likeness (QED) is 0.667. The fourth-order valence-corrected chi connectivity index (χ4v) is 4.20. The predicted octanol–water partition coefficient (Wildman–Crippen LogP) is 1.22. The molecule has 0 saturated heterocycles. The van der Waals surface area contributed by atoms with E-state index in [9.17, 15) is 13.2 Å². The fraction of sp³-hybridized carbons (Fsp3) is 0.444. The standard InChI is InChI=1S/C18H24N4O5S/c1-5-27-18(23)17-15-12-21(28(24,25)20(2)3)11-10-16(15)22(19-17)13-6-8-14(26-4)9-7-13/h6-9H,5,10-12H2,1-4H3. The maximum absolute atomic E-state index is 12.5. The fourth-order valence-electron chi connectivity index (χ4n) is 3.12. The van der Waals surface area contributed by atoms with Crippen molar-refractivity contribution in [3.05, 3.63) is 41.2 Å². The van der Waals surface area contributed by atoms with Gasteiger partial charge in [-0.1, -0.05) is 0 Å². The minimum absolute atomic E-state index is 0.0696. The van der Waals surface area contributed by atoms with Crippen molar-refractivity contribution in [1.82, 2.24) is 18.4 Å². The number of fused-ring (bicyclic) bond motifs is 1. The molecule has 0 unspecified atom stereocenters. The van der Waals surface area contributed by atoms with Gasteiger partial charge in [0.05, 0.1) is 25.1 Å². The topological polar surface area (TPSA) is 94.0 Å². The molecule has 0 N–H and O–H groups in total. The molecule has 0 saturated carbocycles. The number of nitrogens with zero attached hydrogens (tertiary/aromatic N) is 4. The minimum Gasteiger partial charge on any atom is -0.497 e. The summed E-state index contributed by atoms with van der Waals surface area (Å²) in [4.78, 5) is 12.5. The first-order valence-corrected chi connectivity index (χ1v) is 10.3. The lowest BCUT2D eigenvalue weighted by atomic mass is 10.1.